The van der Waals surface area contributed by atoms with Crippen LogP contribution in [-0.2, 0) is 14.3 Å². The van der Waals surface area contributed by atoms with E-state index >= 15 is 0 Å². The van der Waals surface area contributed by atoms with E-state index in [1.165, 1.54) is 4.90 Å². The third-order valence-electron chi connectivity index (χ3n) is 3.76. The molecule has 2 aliphatic heterocycles. The van der Waals surface area contributed by atoms with Crippen LogP contribution in [0, 0.1) is 0 Å². The molecule has 0 aliphatic carbocycles. The standard InChI is InChI=1S/C14H23N5O6/c1-14(2,3)25-12(22)15-6-10(20)16-17-11(21)9-5-4-8-7-18(9)13(23)19(8)24/h8-9,24H,4-7H2,1-3H3,(H,15,22)(H,16,20)(H,17,21). The number of carbonyl (C=O) groups excluding carboxylic acids is 4. The molecule has 0 saturated carbocycles. The number of rotatable bonds is 3. The van der Waals surface area contributed by atoms with Crippen LogP contribution in [0.1, 0.15) is 33.6 Å². The fraction of sp³-hybridized carbons (Fsp3) is 0.714. The number of nitrogens with one attached hydrogen (secondary N) is 3. The van der Waals surface area contributed by atoms with Crippen molar-refractivity contribution < 1.29 is 29.1 Å². The van der Waals surface area contributed by atoms with Crippen LogP contribution in [0.5, 0.6) is 0 Å². The molecular formula is C14H23N5O6. The van der Waals surface area contributed by atoms with E-state index in [0.29, 0.717) is 17.9 Å². The Morgan fingerprint density at radius 3 is 2.56 bits per heavy atom. The second-order valence-electron chi connectivity index (χ2n) is 6.92. The monoisotopic (exact) mass is 357 g/mol. The van der Waals surface area contributed by atoms with E-state index in [0.717, 1.165) is 0 Å². The van der Waals surface area contributed by atoms with Crippen molar-refractivity contribution in [1.82, 2.24) is 26.1 Å². The highest BCUT2D eigenvalue weighted by Gasteiger charge is 2.46. The number of hydroxylamine groups is 2. The Morgan fingerprint density at radius 2 is 1.92 bits per heavy atom. The van der Waals surface area contributed by atoms with Crippen LogP contribution in [0.3, 0.4) is 0 Å². The van der Waals surface area contributed by atoms with Crippen LogP contribution in [0.15, 0.2) is 0 Å². The molecule has 0 aromatic rings. The highest BCUT2D eigenvalue weighted by atomic mass is 16.6. The largest absolute Gasteiger partial charge is 0.444 e. The summed E-state index contributed by atoms with van der Waals surface area (Å²) in [6.07, 6.45) is 0.119. The van der Waals surface area contributed by atoms with Crippen LogP contribution < -0.4 is 16.2 Å². The molecule has 25 heavy (non-hydrogen) atoms. The minimum atomic E-state index is -0.764. The van der Waals surface area contributed by atoms with Gasteiger partial charge in [0.2, 0.25) is 0 Å². The van der Waals surface area contributed by atoms with Crippen molar-refractivity contribution in [3.63, 3.8) is 0 Å². The molecule has 2 atom stereocenters. The van der Waals surface area contributed by atoms with Crippen molar-refractivity contribution >= 4 is 23.9 Å². The summed E-state index contributed by atoms with van der Waals surface area (Å²) >= 11 is 0. The first-order valence-electron chi connectivity index (χ1n) is 7.93. The summed E-state index contributed by atoms with van der Waals surface area (Å²) < 4.78 is 4.97. The molecule has 11 heteroatoms. The van der Waals surface area contributed by atoms with Gasteiger partial charge in [-0.05, 0) is 33.6 Å². The van der Waals surface area contributed by atoms with Crippen LogP contribution in [-0.4, -0.2) is 69.9 Å². The van der Waals surface area contributed by atoms with Crippen molar-refractivity contribution in [2.75, 3.05) is 13.1 Å². The lowest BCUT2D eigenvalue weighted by Crippen LogP contribution is -2.55. The Kier molecular flexibility index (Phi) is 5.36. The van der Waals surface area contributed by atoms with E-state index in [4.69, 9.17) is 4.74 Å². The molecule has 2 saturated heterocycles. The average Bonchev–Trinajstić information content (AvgIpc) is 2.74. The molecule has 11 nitrogen and oxygen atoms in total. The third-order valence-corrected chi connectivity index (χ3v) is 3.76. The van der Waals surface area contributed by atoms with Gasteiger partial charge in [0, 0.05) is 6.54 Å². The normalized spacial score (nSPS) is 22.5. The van der Waals surface area contributed by atoms with Crippen LogP contribution in [0.25, 0.3) is 0 Å². The topological polar surface area (TPSA) is 140 Å². The van der Waals surface area contributed by atoms with Crippen molar-refractivity contribution in [3.8, 4) is 0 Å². The number of amides is 5. The van der Waals surface area contributed by atoms with Gasteiger partial charge in [-0.1, -0.05) is 0 Å². The number of ether oxygens (including phenoxy) is 1. The highest BCUT2D eigenvalue weighted by Crippen LogP contribution is 2.28. The minimum absolute atomic E-state index is 0.265. The van der Waals surface area contributed by atoms with Gasteiger partial charge < -0.3 is 15.0 Å². The van der Waals surface area contributed by atoms with E-state index < -0.39 is 35.6 Å². The summed E-state index contributed by atoms with van der Waals surface area (Å²) in [6, 6.07) is -1.69. The lowest BCUT2D eigenvalue weighted by Gasteiger charge is -2.29. The summed E-state index contributed by atoms with van der Waals surface area (Å²) in [5.74, 6) is -1.21. The first-order valence-corrected chi connectivity index (χ1v) is 7.93. The number of alkyl carbamates (subject to hydrolysis) is 1. The molecule has 2 heterocycles. The fourth-order valence-electron chi connectivity index (χ4n) is 2.65. The zero-order chi connectivity index (χ0) is 18.8. The lowest BCUT2D eigenvalue weighted by atomic mass is 10.0. The number of piperidine rings is 1. The minimum Gasteiger partial charge on any atom is -0.444 e. The molecule has 0 radical (unpaired) electrons. The first kappa shape index (κ1) is 18.8. The van der Waals surface area contributed by atoms with E-state index in [9.17, 15) is 24.4 Å². The summed E-state index contributed by atoms with van der Waals surface area (Å²) in [5, 5.41) is 12.5. The molecule has 0 spiro atoms. The molecule has 2 bridgehead atoms. The molecule has 140 valence electrons. The number of hydrogen-bond acceptors (Lipinski definition) is 6. The number of urea groups is 1. The smallest absolute Gasteiger partial charge is 0.408 e. The number of carbonyl (C=O) groups is 4. The summed E-state index contributed by atoms with van der Waals surface area (Å²) in [4.78, 5) is 48.3. The van der Waals surface area contributed by atoms with Gasteiger partial charge in [0.05, 0.1) is 6.04 Å². The predicted octanol–water partition coefficient (Wildman–Crippen LogP) is -0.684. The Hall–Kier alpha value is -2.56. The molecule has 4 N–H and O–H groups in total. The number of hydrazine groups is 1. The van der Waals surface area contributed by atoms with Gasteiger partial charge in [-0.25, -0.2) is 14.7 Å². The Bertz CT molecular complexity index is 575. The second kappa shape index (κ2) is 7.13. The summed E-state index contributed by atoms with van der Waals surface area (Å²) in [5.41, 5.74) is 3.69. The van der Waals surface area contributed by atoms with Gasteiger partial charge in [0.15, 0.2) is 0 Å². The SMILES string of the molecule is CC(C)(C)OC(=O)NCC(=O)NNC(=O)C1CCC2CN1C(=O)N2O. The van der Waals surface area contributed by atoms with Crippen LogP contribution in [0.2, 0.25) is 0 Å². The van der Waals surface area contributed by atoms with Crippen molar-refractivity contribution in [2.45, 2.75) is 51.3 Å². The number of hydrogen-bond donors (Lipinski definition) is 4. The first-order chi connectivity index (χ1) is 11.6. The Labute approximate surface area is 144 Å². The number of fused-ring (bicyclic) bond motifs is 2. The van der Waals surface area contributed by atoms with E-state index in [1.54, 1.807) is 20.8 Å². The molecule has 0 aromatic heterocycles. The maximum atomic E-state index is 12.1. The van der Waals surface area contributed by atoms with Crippen molar-refractivity contribution in [2.24, 2.45) is 0 Å². The van der Waals surface area contributed by atoms with Gasteiger partial charge in [0.1, 0.15) is 18.2 Å². The van der Waals surface area contributed by atoms with E-state index in [-0.39, 0.29) is 19.1 Å². The molecule has 0 aromatic carbocycles. The van der Waals surface area contributed by atoms with Crippen LogP contribution >= 0.6 is 0 Å². The molecule has 2 aliphatic rings. The maximum Gasteiger partial charge on any atom is 0.408 e. The van der Waals surface area contributed by atoms with Crippen molar-refractivity contribution in [1.29, 1.82) is 0 Å². The van der Waals surface area contributed by atoms with E-state index in [1.807, 2.05) is 0 Å². The zero-order valence-corrected chi connectivity index (χ0v) is 14.4. The fourth-order valence-corrected chi connectivity index (χ4v) is 2.65. The molecule has 2 unspecified atom stereocenters. The molecule has 2 rings (SSSR count). The second-order valence-corrected chi connectivity index (χ2v) is 6.92. The summed E-state index contributed by atoms with van der Waals surface area (Å²) in [6.45, 7) is 4.95. The molecule has 2 fully saturated rings. The zero-order valence-electron chi connectivity index (χ0n) is 14.4. The molecular weight excluding hydrogens is 334 g/mol. The predicted molar refractivity (Wildman–Crippen MR) is 83.1 cm³/mol. The highest BCUT2D eigenvalue weighted by molar-refractivity contribution is 5.90. The van der Waals surface area contributed by atoms with Gasteiger partial charge in [-0.3, -0.25) is 25.6 Å². The van der Waals surface area contributed by atoms with Gasteiger partial charge >= 0.3 is 12.1 Å². The summed E-state index contributed by atoms with van der Waals surface area (Å²) in [7, 11) is 0. The quantitative estimate of drug-likeness (QED) is 0.389. The van der Waals surface area contributed by atoms with Crippen LogP contribution in [0.4, 0.5) is 9.59 Å². The lowest BCUT2D eigenvalue weighted by molar-refractivity contribution is -0.131. The van der Waals surface area contributed by atoms with Gasteiger partial charge in [-0.2, -0.15) is 0 Å². The maximum absolute atomic E-state index is 12.1. The van der Waals surface area contributed by atoms with E-state index in [2.05, 4.69) is 16.2 Å². The Balaban J connectivity index is 1.74. The number of nitrogens with zero attached hydrogens (tertiary/aromatic N) is 2. The average molecular weight is 357 g/mol. The van der Waals surface area contributed by atoms with Gasteiger partial charge in [-0.15, -0.1) is 0 Å². The van der Waals surface area contributed by atoms with Gasteiger partial charge in [0.25, 0.3) is 11.8 Å². The molecule has 5 amide bonds. The van der Waals surface area contributed by atoms with Crippen molar-refractivity contribution in [3.05, 3.63) is 0 Å². The Morgan fingerprint density at radius 1 is 1.24 bits per heavy atom. The third kappa shape index (κ3) is 4.72.